The van der Waals surface area contributed by atoms with E-state index in [1.807, 2.05) is 47.8 Å². The van der Waals surface area contributed by atoms with Crippen LogP contribution in [0.4, 0.5) is 11.4 Å². The standard InChI is InChI=1S/C23H26N2O2S2/c26-21(16-6-2-1-3-7-16)24-19-10-4-8-17(14-19)22(27)25-20-11-5-9-18(15-20)23-28-12-13-29-23/h4-5,8-11,14-16,23H,1-3,6-7,12-13H2,(H,24,26)(H,25,27). The lowest BCUT2D eigenvalue weighted by atomic mass is 9.88. The smallest absolute Gasteiger partial charge is 0.255 e. The second kappa shape index (κ2) is 9.72. The number of hydrogen-bond acceptors (Lipinski definition) is 4. The number of benzene rings is 2. The number of amides is 2. The largest absolute Gasteiger partial charge is 0.326 e. The minimum Gasteiger partial charge on any atom is -0.326 e. The average molecular weight is 427 g/mol. The Balaban J connectivity index is 1.40. The molecule has 6 heteroatoms. The maximum absolute atomic E-state index is 12.8. The van der Waals surface area contributed by atoms with Crippen LogP contribution in [0.1, 0.15) is 52.6 Å². The van der Waals surface area contributed by atoms with Gasteiger partial charge in [-0.3, -0.25) is 9.59 Å². The van der Waals surface area contributed by atoms with Gasteiger partial charge in [-0.25, -0.2) is 0 Å². The molecule has 1 aliphatic carbocycles. The molecule has 2 aliphatic rings. The molecule has 152 valence electrons. The van der Waals surface area contributed by atoms with Crippen molar-refractivity contribution in [3.63, 3.8) is 0 Å². The van der Waals surface area contributed by atoms with E-state index in [4.69, 9.17) is 0 Å². The molecule has 1 aliphatic heterocycles. The second-order valence-corrected chi connectivity index (χ2v) is 10.3. The Labute approximate surface area is 180 Å². The summed E-state index contributed by atoms with van der Waals surface area (Å²) in [6.45, 7) is 0. The number of rotatable bonds is 5. The first-order valence-corrected chi connectivity index (χ1v) is 12.3. The van der Waals surface area contributed by atoms with Crippen molar-refractivity contribution in [2.24, 2.45) is 5.92 Å². The highest BCUT2D eigenvalue weighted by atomic mass is 32.2. The van der Waals surface area contributed by atoms with Gasteiger partial charge in [0.2, 0.25) is 5.91 Å². The monoisotopic (exact) mass is 426 g/mol. The number of anilines is 2. The Hall–Kier alpha value is -1.92. The molecule has 2 aromatic rings. The number of nitrogens with one attached hydrogen (secondary N) is 2. The van der Waals surface area contributed by atoms with Gasteiger partial charge >= 0.3 is 0 Å². The molecule has 2 aromatic carbocycles. The van der Waals surface area contributed by atoms with E-state index in [1.165, 1.54) is 23.5 Å². The van der Waals surface area contributed by atoms with Gasteiger partial charge in [-0.1, -0.05) is 37.5 Å². The summed E-state index contributed by atoms with van der Waals surface area (Å²) in [4.78, 5) is 25.2. The first-order valence-electron chi connectivity index (χ1n) is 10.2. The number of carbonyl (C=O) groups excluding carboxylic acids is 2. The summed E-state index contributed by atoms with van der Waals surface area (Å²) in [6.07, 6.45) is 5.38. The second-order valence-electron chi connectivity index (χ2n) is 7.56. The lowest BCUT2D eigenvalue weighted by molar-refractivity contribution is -0.120. The van der Waals surface area contributed by atoms with E-state index in [1.54, 1.807) is 12.1 Å². The van der Waals surface area contributed by atoms with Gasteiger partial charge < -0.3 is 10.6 Å². The van der Waals surface area contributed by atoms with Gasteiger partial charge in [0.15, 0.2) is 0 Å². The molecule has 4 nitrogen and oxygen atoms in total. The summed E-state index contributed by atoms with van der Waals surface area (Å²) in [6, 6.07) is 15.3. The maximum Gasteiger partial charge on any atom is 0.255 e. The van der Waals surface area contributed by atoms with Crippen LogP contribution in [0.5, 0.6) is 0 Å². The molecule has 2 amide bonds. The van der Waals surface area contributed by atoms with Crippen molar-refractivity contribution in [1.82, 2.24) is 0 Å². The zero-order valence-electron chi connectivity index (χ0n) is 16.4. The number of hydrogen-bond donors (Lipinski definition) is 2. The summed E-state index contributed by atoms with van der Waals surface area (Å²) in [7, 11) is 0. The van der Waals surface area contributed by atoms with Gasteiger partial charge in [0, 0.05) is 34.4 Å². The van der Waals surface area contributed by atoms with Crippen LogP contribution in [-0.2, 0) is 4.79 Å². The van der Waals surface area contributed by atoms with E-state index < -0.39 is 0 Å². The Morgan fingerprint density at radius 1 is 0.828 bits per heavy atom. The molecule has 0 radical (unpaired) electrons. The van der Waals surface area contributed by atoms with Crippen molar-refractivity contribution in [2.45, 2.75) is 36.7 Å². The molecule has 2 N–H and O–H groups in total. The van der Waals surface area contributed by atoms with Crippen LogP contribution in [0.2, 0.25) is 0 Å². The van der Waals surface area contributed by atoms with E-state index in [-0.39, 0.29) is 17.7 Å². The lowest BCUT2D eigenvalue weighted by Crippen LogP contribution is -2.24. The Bertz CT molecular complexity index is 875. The minimum absolute atomic E-state index is 0.0709. The first kappa shape index (κ1) is 20.4. The van der Waals surface area contributed by atoms with Crippen molar-refractivity contribution < 1.29 is 9.59 Å². The van der Waals surface area contributed by atoms with Crippen LogP contribution in [0.25, 0.3) is 0 Å². The fourth-order valence-electron chi connectivity index (χ4n) is 3.86. The van der Waals surface area contributed by atoms with Crippen molar-refractivity contribution >= 4 is 46.7 Å². The third-order valence-corrected chi connectivity index (χ3v) is 8.51. The third-order valence-electron chi connectivity index (χ3n) is 5.41. The van der Waals surface area contributed by atoms with E-state index >= 15 is 0 Å². The molecular formula is C23H26N2O2S2. The molecule has 1 saturated carbocycles. The summed E-state index contributed by atoms with van der Waals surface area (Å²) < 4.78 is 0.449. The molecule has 0 aromatic heterocycles. The highest BCUT2D eigenvalue weighted by molar-refractivity contribution is 8.19. The molecule has 0 atom stereocenters. The van der Waals surface area contributed by atoms with Crippen LogP contribution >= 0.6 is 23.5 Å². The Morgan fingerprint density at radius 2 is 1.52 bits per heavy atom. The normalized spacial score (nSPS) is 17.8. The van der Waals surface area contributed by atoms with E-state index in [0.717, 1.165) is 31.4 Å². The van der Waals surface area contributed by atoms with Gasteiger partial charge in [0.05, 0.1) is 4.58 Å². The van der Waals surface area contributed by atoms with Crippen LogP contribution in [0, 0.1) is 5.92 Å². The van der Waals surface area contributed by atoms with E-state index in [0.29, 0.717) is 15.8 Å². The van der Waals surface area contributed by atoms with Gasteiger partial charge in [-0.05, 0) is 48.7 Å². The Kier molecular flexibility index (Phi) is 6.82. The first-order chi connectivity index (χ1) is 14.2. The fraction of sp³-hybridized carbons (Fsp3) is 0.391. The summed E-state index contributed by atoms with van der Waals surface area (Å²) in [5.41, 5.74) is 3.27. The van der Waals surface area contributed by atoms with Crippen molar-refractivity contribution in [2.75, 3.05) is 22.1 Å². The van der Waals surface area contributed by atoms with E-state index in [9.17, 15) is 9.59 Å². The minimum atomic E-state index is -0.164. The molecule has 1 saturated heterocycles. The zero-order chi connectivity index (χ0) is 20.1. The quantitative estimate of drug-likeness (QED) is 0.621. The average Bonchev–Trinajstić information content (AvgIpc) is 3.30. The number of thioether (sulfide) groups is 2. The van der Waals surface area contributed by atoms with Crippen LogP contribution in [0.15, 0.2) is 48.5 Å². The van der Waals surface area contributed by atoms with E-state index in [2.05, 4.69) is 22.8 Å². The predicted molar refractivity (Wildman–Crippen MR) is 124 cm³/mol. The fourth-order valence-corrected chi connectivity index (χ4v) is 6.70. The van der Waals surface area contributed by atoms with Crippen molar-refractivity contribution in [1.29, 1.82) is 0 Å². The SMILES string of the molecule is O=C(Nc1cccc(C2SCCS2)c1)c1cccc(NC(=O)C2CCCCC2)c1. The molecular weight excluding hydrogens is 400 g/mol. The summed E-state index contributed by atoms with van der Waals surface area (Å²) >= 11 is 3.90. The van der Waals surface area contributed by atoms with Gasteiger partial charge in [-0.15, -0.1) is 23.5 Å². The van der Waals surface area contributed by atoms with Crippen molar-refractivity contribution in [3.05, 3.63) is 59.7 Å². The number of carbonyl (C=O) groups is 2. The Morgan fingerprint density at radius 3 is 2.28 bits per heavy atom. The molecule has 2 fully saturated rings. The highest BCUT2D eigenvalue weighted by Crippen LogP contribution is 2.45. The molecule has 0 spiro atoms. The summed E-state index contributed by atoms with van der Waals surface area (Å²) in [5.74, 6) is 2.34. The van der Waals surface area contributed by atoms with Crippen LogP contribution in [0.3, 0.4) is 0 Å². The molecule has 0 unspecified atom stereocenters. The lowest BCUT2D eigenvalue weighted by Gasteiger charge is -2.20. The summed E-state index contributed by atoms with van der Waals surface area (Å²) in [5, 5.41) is 5.99. The highest BCUT2D eigenvalue weighted by Gasteiger charge is 2.21. The topological polar surface area (TPSA) is 58.2 Å². The molecule has 4 rings (SSSR count). The van der Waals surface area contributed by atoms with Crippen LogP contribution < -0.4 is 10.6 Å². The maximum atomic E-state index is 12.8. The van der Waals surface area contributed by atoms with Crippen LogP contribution in [-0.4, -0.2) is 23.3 Å². The van der Waals surface area contributed by atoms with Gasteiger partial charge in [-0.2, -0.15) is 0 Å². The van der Waals surface area contributed by atoms with Gasteiger partial charge in [0.25, 0.3) is 5.91 Å². The van der Waals surface area contributed by atoms with Gasteiger partial charge in [0.1, 0.15) is 0 Å². The third kappa shape index (κ3) is 5.37. The molecule has 0 bridgehead atoms. The van der Waals surface area contributed by atoms with Crippen molar-refractivity contribution in [3.8, 4) is 0 Å². The molecule has 1 heterocycles. The molecule has 29 heavy (non-hydrogen) atoms. The zero-order valence-corrected chi connectivity index (χ0v) is 18.0. The predicted octanol–water partition coefficient (Wildman–Crippen LogP) is 5.94.